The van der Waals surface area contributed by atoms with Crippen LogP contribution in [0.1, 0.15) is 26.2 Å². The molecule has 0 saturated carbocycles. The summed E-state index contributed by atoms with van der Waals surface area (Å²) in [5.41, 5.74) is 0. The molecule has 1 heterocycles. The number of nitrogens with one attached hydrogen (secondary N) is 1. The van der Waals surface area contributed by atoms with Crippen molar-refractivity contribution in [1.29, 1.82) is 0 Å². The summed E-state index contributed by atoms with van der Waals surface area (Å²) in [6.45, 7) is 1.74. The SMILES string of the molecule is CC1CC(=O)NC1=O.O=C(O)CCC(=O)O. The second-order valence-electron chi connectivity index (χ2n) is 3.31. The van der Waals surface area contributed by atoms with E-state index in [2.05, 4.69) is 5.32 Å². The average molecular weight is 231 g/mol. The zero-order valence-corrected chi connectivity index (χ0v) is 8.73. The van der Waals surface area contributed by atoms with E-state index in [0.717, 1.165) is 0 Å². The van der Waals surface area contributed by atoms with E-state index in [9.17, 15) is 19.2 Å². The molecule has 3 N–H and O–H groups in total. The molecule has 2 amide bonds. The molecule has 0 aromatic rings. The van der Waals surface area contributed by atoms with Gasteiger partial charge >= 0.3 is 11.9 Å². The first-order chi connectivity index (χ1) is 7.32. The Bertz CT molecular complexity index is 297. The van der Waals surface area contributed by atoms with Gasteiger partial charge in [-0.2, -0.15) is 0 Å². The molecule has 7 heteroatoms. The predicted molar refractivity (Wildman–Crippen MR) is 51.4 cm³/mol. The Morgan fingerprint density at radius 3 is 1.81 bits per heavy atom. The van der Waals surface area contributed by atoms with Gasteiger partial charge in [-0.05, 0) is 0 Å². The minimum Gasteiger partial charge on any atom is -0.481 e. The molecule has 1 unspecified atom stereocenters. The molecule has 1 saturated heterocycles. The fourth-order valence-corrected chi connectivity index (χ4v) is 0.896. The van der Waals surface area contributed by atoms with Gasteiger partial charge in [0, 0.05) is 12.3 Å². The number of amides is 2. The van der Waals surface area contributed by atoms with Crippen LogP contribution < -0.4 is 5.32 Å². The van der Waals surface area contributed by atoms with Gasteiger partial charge in [0.2, 0.25) is 11.8 Å². The van der Waals surface area contributed by atoms with E-state index in [-0.39, 0.29) is 30.6 Å². The monoisotopic (exact) mass is 231 g/mol. The highest BCUT2D eigenvalue weighted by Crippen LogP contribution is 2.07. The lowest BCUT2D eigenvalue weighted by Gasteiger charge is -1.88. The largest absolute Gasteiger partial charge is 0.481 e. The van der Waals surface area contributed by atoms with E-state index < -0.39 is 11.9 Å². The van der Waals surface area contributed by atoms with Gasteiger partial charge in [0.05, 0.1) is 12.8 Å². The van der Waals surface area contributed by atoms with Crippen molar-refractivity contribution in [3.05, 3.63) is 0 Å². The number of hydrogen-bond donors (Lipinski definition) is 3. The number of rotatable bonds is 3. The van der Waals surface area contributed by atoms with Crippen LogP contribution in [0.4, 0.5) is 0 Å². The van der Waals surface area contributed by atoms with Crippen molar-refractivity contribution in [2.45, 2.75) is 26.2 Å². The summed E-state index contributed by atoms with van der Waals surface area (Å²) in [6.07, 6.45) is -0.233. The number of carbonyl (C=O) groups excluding carboxylic acids is 2. The molecule has 1 fully saturated rings. The normalized spacial score (nSPS) is 18.4. The molecule has 90 valence electrons. The third-order valence-electron chi connectivity index (χ3n) is 1.75. The molecular formula is C9H13NO6. The minimum absolute atomic E-state index is 0.109. The highest BCUT2D eigenvalue weighted by molar-refractivity contribution is 6.03. The topological polar surface area (TPSA) is 121 Å². The number of carboxylic acids is 2. The van der Waals surface area contributed by atoms with E-state index in [1.165, 1.54) is 0 Å². The van der Waals surface area contributed by atoms with E-state index in [1.54, 1.807) is 6.92 Å². The third kappa shape index (κ3) is 6.52. The maximum Gasteiger partial charge on any atom is 0.303 e. The maximum absolute atomic E-state index is 10.5. The Morgan fingerprint density at radius 2 is 1.69 bits per heavy atom. The summed E-state index contributed by atoms with van der Waals surface area (Å²) in [6, 6.07) is 0. The Hall–Kier alpha value is -1.92. The van der Waals surface area contributed by atoms with Crippen molar-refractivity contribution in [3.8, 4) is 0 Å². The molecule has 0 aromatic heterocycles. The smallest absolute Gasteiger partial charge is 0.303 e. The maximum atomic E-state index is 10.5. The third-order valence-corrected chi connectivity index (χ3v) is 1.75. The molecule has 1 aliphatic rings. The Morgan fingerprint density at radius 1 is 1.25 bits per heavy atom. The fraction of sp³-hybridized carbons (Fsp3) is 0.556. The van der Waals surface area contributed by atoms with Crippen LogP contribution in [0.25, 0.3) is 0 Å². The van der Waals surface area contributed by atoms with Gasteiger partial charge in [-0.15, -0.1) is 0 Å². The zero-order valence-electron chi connectivity index (χ0n) is 8.73. The molecule has 0 aliphatic carbocycles. The Balaban J connectivity index is 0.000000281. The van der Waals surface area contributed by atoms with Gasteiger partial charge in [-0.1, -0.05) is 6.92 Å². The summed E-state index contributed by atoms with van der Waals surface area (Å²) >= 11 is 0. The van der Waals surface area contributed by atoms with Crippen LogP contribution in [0, 0.1) is 5.92 Å². The molecule has 0 spiro atoms. The van der Waals surface area contributed by atoms with Crippen LogP contribution in [-0.4, -0.2) is 34.0 Å². The number of carbonyl (C=O) groups is 4. The van der Waals surface area contributed by atoms with Crippen LogP contribution in [0.5, 0.6) is 0 Å². The van der Waals surface area contributed by atoms with Crippen LogP contribution in [0.15, 0.2) is 0 Å². The van der Waals surface area contributed by atoms with E-state index in [4.69, 9.17) is 10.2 Å². The van der Waals surface area contributed by atoms with Crippen LogP contribution in [0.2, 0.25) is 0 Å². The van der Waals surface area contributed by atoms with Crippen molar-refractivity contribution < 1.29 is 29.4 Å². The Kier molecular flexibility index (Phi) is 5.76. The molecule has 1 rings (SSSR count). The van der Waals surface area contributed by atoms with Crippen molar-refractivity contribution in [1.82, 2.24) is 5.32 Å². The van der Waals surface area contributed by atoms with Crippen molar-refractivity contribution in [3.63, 3.8) is 0 Å². The summed E-state index contributed by atoms with van der Waals surface area (Å²) in [5, 5.41) is 18.0. The lowest BCUT2D eigenvalue weighted by atomic mass is 10.1. The van der Waals surface area contributed by atoms with Crippen molar-refractivity contribution in [2.24, 2.45) is 5.92 Å². The molecular weight excluding hydrogens is 218 g/mol. The molecule has 1 atom stereocenters. The van der Waals surface area contributed by atoms with Gasteiger partial charge in [0.1, 0.15) is 0 Å². The van der Waals surface area contributed by atoms with E-state index in [1.807, 2.05) is 0 Å². The summed E-state index contributed by atoms with van der Waals surface area (Å²) < 4.78 is 0. The first kappa shape index (κ1) is 14.1. The summed E-state index contributed by atoms with van der Waals surface area (Å²) in [4.78, 5) is 40.1. The highest BCUT2D eigenvalue weighted by Gasteiger charge is 2.25. The van der Waals surface area contributed by atoms with Crippen molar-refractivity contribution >= 4 is 23.8 Å². The first-order valence-electron chi connectivity index (χ1n) is 4.60. The molecule has 7 nitrogen and oxygen atoms in total. The van der Waals surface area contributed by atoms with Crippen LogP contribution in [0.3, 0.4) is 0 Å². The van der Waals surface area contributed by atoms with Crippen molar-refractivity contribution in [2.75, 3.05) is 0 Å². The summed E-state index contributed by atoms with van der Waals surface area (Å²) in [5.74, 6) is -2.56. The average Bonchev–Trinajstić information content (AvgIpc) is 2.42. The van der Waals surface area contributed by atoms with Gasteiger partial charge in [-0.3, -0.25) is 24.5 Å². The predicted octanol–water partition coefficient (Wildman–Crippen LogP) is -0.395. The molecule has 1 aliphatic heterocycles. The van der Waals surface area contributed by atoms with Gasteiger partial charge < -0.3 is 10.2 Å². The molecule has 16 heavy (non-hydrogen) atoms. The quantitative estimate of drug-likeness (QED) is 0.568. The van der Waals surface area contributed by atoms with E-state index >= 15 is 0 Å². The van der Waals surface area contributed by atoms with E-state index in [0.29, 0.717) is 6.42 Å². The van der Waals surface area contributed by atoms with Gasteiger partial charge in [0.15, 0.2) is 0 Å². The lowest BCUT2D eigenvalue weighted by Crippen LogP contribution is -2.20. The zero-order chi connectivity index (χ0) is 12.7. The first-order valence-corrected chi connectivity index (χ1v) is 4.60. The minimum atomic E-state index is -1.08. The number of aliphatic carboxylic acids is 2. The van der Waals surface area contributed by atoms with Gasteiger partial charge in [0.25, 0.3) is 0 Å². The molecule has 0 radical (unpaired) electrons. The molecule has 0 aromatic carbocycles. The molecule has 0 bridgehead atoms. The lowest BCUT2D eigenvalue weighted by molar-refractivity contribution is -0.143. The number of hydrogen-bond acceptors (Lipinski definition) is 4. The van der Waals surface area contributed by atoms with Crippen LogP contribution >= 0.6 is 0 Å². The second-order valence-corrected chi connectivity index (χ2v) is 3.31. The highest BCUT2D eigenvalue weighted by atomic mass is 16.4. The van der Waals surface area contributed by atoms with Crippen LogP contribution in [-0.2, 0) is 19.2 Å². The number of imide groups is 1. The summed E-state index contributed by atoms with van der Waals surface area (Å²) in [7, 11) is 0. The Labute approximate surface area is 91.4 Å². The number of carboxylic acid groups (broad SMARTS) is 2. The van der Waals surface area contributed by atoms with Gasteiger partial charge in [-0.25, -0.2) is 0 Å². The fourth-order valence-electron chi connectivity index (χ4n) is 0.896. The standard InChI is InChI=1S/C5H7NO2.C4H6O4/c1-3-2-4(7)6-5(3)8;5-3(6)1-2-4(7)8/h3H,2H2,1H3,(H,6,7,8);1-2H2,(H,5,6)(H,7,8). The second kappa shape index (κ2) is 6.54.